The van der Waals surface area contributed by atoms with Gasteiger partial charge in [-0.3, -0.25) is 4.79 Å². The zero-order valence-corrected chi connectivity index (χ0v) is 13.9. The predicted octanol–water partition coefficient (Wildman–Crippen LogP) is 2.90. The van der Waals surface area contributed by atoms with Gasteiger partial charge < -0.3 is 14.8 Å². The highest BCUT2D eigenvalue weighted by Crippen LogP contribution is 2.24. The third-order valence-corrected chi connectivity index (χ3v) is 3.21. The standard InChI is InChI=1S/C17H27NO3/c1-12(11-20-6)18-16(19)13(2)21-15-9-7-14(8-10-15)17(3,4)5/h7-10,12-13H,11H2,1-6H3,(H,18,19)/t12-,13+/m1/s1. The molecule has 0 heterocycles. The van der Waals surface area contributed by atoms with E-state index in [1.807, 2.05) is 31.2 Å². The third-order valence-electron chi connectivity index (χ3n) is 3.21. The average molecular weight is 293 g/mol. The Balaban J connectivity index is 2.58. The maximum atomic E-state index is 12.0. The average Bonchev–Trinajstić information content (AvgIpc) is 2.38. The van der Waals surface area contributed by atoms with Crippen molar-refractivity contribution in [1.29, 1.82) is 0 Å². The van der Waals surface area contributed by atoms with Gasteiger partial charge >= 0.3 is 0 Å². The number of amides is 1. The van der Waals surface area contributed by atoms with Crippen molar-refractivity contribution >= 4 is 5.91 Å². The highest BCUT2D eigenvalue weighted by atomic mass is 16.5. The van der Waals surface area contributed by atoms with Crippen molar-refractivity contribution < 1.29 is 14.3 Å². The quantitative estimate of drug-likeness (QED) is 0.877. The number of hydrogen-bond donors (Lipinski definition) is 1. The second-order valence-corrected chi connectivity index (χ2v) is 6.40. The highest BCUT2D eigenvalue weighted by molar-refractivity contribution is 5.80. The Morgan fingerprint density at radius 3 is 2.24 bits per heavy atom. The van der Waals surface area contributed by atoms with E-state index in [1.54, 1.807) is 14.0 Å². The minimum atomic E-state index is -0.537. The van der Waals surface area contributed by atoms with E-state index in [4.69, 9.17) is 9.47 Å². The molecule has 1 rings (SSSR count). The fraction of sp³-hybridized carbons (Fsp3) is 0.588. The molecule has 4 nitrogen and oxygen atoms in total. The van der Waals surface area contributed by atoms with Gasteiger partial charge in [0.05, 0.1) is 6.61 Å². The van der Waals surface area contributed by atoms with Gasteiger partial charge in [-0.05, 0) is 37.0 Å². The summed E-state index contributed by atoms with van der Waals surface area (Å²) >= 11 is 0. The Hall–Kier alpha value is -1.55. The van der Waals surface area contributed by atoms with E-state index in [0.29, 0.717) is 12.4 Å². The van der Waals surface area contributed by atoms with Gasteiger partial charge in [-0.15, -0.1) is 0 Å². The summed E-state index contributed by atoms with van der Waals surface area (Å²) in [4.78, 5) is 12.0. The van der Waals surface area contributed by atoms with Gasteiger partial charge in [-0.25, -0.2) is 0 Å². The predicted molar refractivity (Wildman–Crippen MR) is 84.7 cm³/mol. The molecule has 0 aliphatic rings. The van der Waals surface area contributed by atoms with Crippen LogP contribution in [-0.2, 0) is 14.9 Å². The molecule has 2 atom stereocenters. The van der Waals surface area contributed by atoms with Crippen LogP contribution in [0.2, 0.25) is 0 Å². The first kappa shape index (κ1) is 17.5. The van der Waals surface area contributed by atoms with E-state index < -0.39 is 6.10 Å². The van der Waals surface area contributed by atoms with Gasteiger partial charge in [0, 0.05) is 13.2 Å². The number of carbonyl (C=O) groups excluding carboxylic acids is 1. The van der Waals surface area contributed by atoms with Crippen LogP contribution >= 0.6 is 0 Å². The third kappa shape index (κ3) is 5.76. The Kier molecular flexibility index (Phi) is 6.21. The Bertz CT molecular complexity index is 448. The van der Waals surface area contributed by atoms with Gasteiger partial charge in [0.1, 0.15) is 5.75 Å². The van der Waals surface area contributed by atoms with E-state index in [2.05, 4.69) is 26.1 Å². The molecule has 118 valence electrons. The van der Waals surface area contributed by atoms with Crippen molar-refractivity contribution in [3.8, 4) is 5.75 Å². The molecular weight excluding hydrogens is 266 g/mol. The second-order valence-electron chi connectivity index (χ2n) is 6.40. The first-order valence-corrected chi connectivity index (χ1v) is 7.30. The van der Waals surface area contributed by atoms with Crippen LogP contribution in [-0.4, -0.2) is 31.8 Å². The molecule has 0 aliphatic carbocycles. The number of nitrogens with one attached hydrogen (secondary N) is 1. The van der Waals surface area contributed by atoms with Crippen molar-refractivity contribution in [2.24, 2.45) is 0 Å². The van der Waals surface area contributed by atoms with Gasteiger partial charge in [-0.2, -0.15) is 0 Å². The summed E-state index contributed by atoms with van der Waals surface area (Å²) in [7, 11) is 1.61. The van der Waals surface area contributed by atoms with Crippen molar-refractivity contribution in [3.05, 3.63) is 29.8 Å². The summed E-state index contributed by atoms with van der Waals surface area (Å²) in [5.74, 6) is 0.560. The fourth-order valence-corrected chi connectivity index (χ4v) is 1.94. The maximum Gasteiger partial charge on any atom is 0.261 e. The first-order chi connectivity index (χ1) is 9.74. The summed E-state index contributed by atoms with van der Waals surface area (Å²) < 4.78 is 10.7. The normalized spacial score (nSPS) is 14.4. The van der Waals surface area contributed by atoms with Crippen molar-refractivity contribution in [1.82, 2.24) is 5.32 Å². The molecule has 4 heteroatoms. The van der Waals surface area contributed by atoms with E-state index >= 15 is 0 Å². The Morgan fingerprint density at radius 1 is 1.19 bits per heavy atom. The minimum absolute atomic E-state index is 0.0307. The van der Waals surface area contributed by atoms with Crippen molar-refractivity contribution in [3.63, 3.8) is 0 Å². The molecule has 0 aliphatic heterocycles. The monoisotopic (exact) mass is 293 g/mol. The van der Waals surface area contributed by atoms with Crippen LogP contribution in [0.3, 0.4) is 0 Å². The lowest BCUT2D eigenvalue weighted by molar-refractivity contribution is -0.128. The molecule has 21 heavy (non-hydrogen) atoms. The number of carbonyl (C=O) groups is 1. The van der Waals surface area contributed by atoms with Crippen LogP contribution < -0.4 is 10.1 Å². The number of rotatable bonds is 6. The van der Waals surface area contributed by atoms with E-state index in [9.17, 15) is 4.79 Å². The van der Waals surface area contributed by atoms with Gasteiger partial charge in [0.15, 0.2) is 6.10 Å². The molecule has 0 radical (unpaired) electrons. The molecule has 1 N–H and O–H groups in total. The lowest BCUT2D eigenvalue weighted by Crippen LogP contribution is -2.43. The Labute approximate surface area is 127 Å². The molecule has 0 bridgehead atoms. The molecule has 0 aromatic heterocycles. The first-order valence-electron chi connectivity index (χ1n) is 7.30. The Morgan fingerprint density at radius 2 is 1.76 bits per heavy atom. The maximum absolute atomic E-state index is 12.0. The molecule has 0 unspecified atom stereocenters. The smallest absolute Gasteiger partial charge is 0.261 e. The van der Waals surface area contributed by atoms with Gasteiger partial charge in [0.2, 0.25) is 0 Å². The molecule has 0 spiro atoms. The SMILES string of the molecule is COC[C@@H](C)NC(=O)[C@H](C)Oc1ccc(C(C)(C)C)cc1. The zero-order chi connectivity index (χ0) is 16.0. The molecule has 1 aromatic rings. The zero-order valence-electron chi connectivity index (χ0n) is 13.9. The van der Waals surface area contributed by atoms with Crippen molar-refractivity contribution in [2.45, 2.75) is 52.2 Å². The molecule has 0 saturated carbocycles. The number of benzene rings is 1. The topological polar surface area (TPSA) is 47.6 Å². The molecule has 0 saturated heterocycles. The van der Waals surface area contributed by atoms with E-state index in [1.165, 1.54) is 5.56 Å². The highest BCUT2D eigenvalue weighted by Gasteiger charge is 2.18. The fourth-order valence-electron chi connectivity index (χ4n) is 1.94. The molecule has 1 aromatic carbocycles. The van der Waals surface area contributed by atoms with Crippen LogP contribution in [0.4, 0.5) is 0 Å². The molecule has 1 amide bonds. The lowest BCUT2D eigenvalue weighted by Gasteiger charge is -2.21. The minimum Gasteiger partial charge on any atom is -0.481 e. The molecule has 0 fully saturated rings. The summed E-state index contributed by atoms with van der Waals surface area (Å²) in [5, 5.41) is 2.85. The van der Waals surface area contributed by atoms with E-state index in [-0.39, 0.29) is 17.4 Å². The number of ether oxygens (including phenoxy) is 2. The van der Waals surface area contributed by atoms with Crippen LogP contribution in [0.1, 0.15) is 40.2 Å². The summed E-state index contributed by atoms with van der Waals surface area (Å²) in [6.45, 7) is 10.6. The van der Waals surface area contributed by atoms with Crippen LogP contribution in [0, 0.1) is 0 Å². The molecular formula is C17H27NO3. The van der Waals surface area contributed by atoms with E-state index in [0.717, 1.165) is 0 Å². The summed E-state index contributed by atoms with van der Waals surface area (Å²) in [6.07, 6.45) is -0.537. The number of hydrogen-bond acceptors (Lipinski definition) is 3. The van der Waals surface area contributed by atoms with Crippen molar-refractivity contribution in [2.75, 3.05) is 13.7 Å². The second kappa shape index (κ2) is 7.46. The largest absolute Gasteiger partial charge is 0.481 e. The lowest BCUT2D eigenvalue weighted by atomic mass is 9.87. The van der Waals surface area contributed by atoms with Gasteiger partial charge in [0.25, 0.3) is 5.91 Å². The number of methoxy groups -OCH3 is 1. The summed E-state index contributed by atoms with van der Waals surface area (Å²) in [5.41, 5.74) is 1.34. The van der Waals surface area contributed by atoms with Crippen LogP contribution in [0.5, 0.6) is 5.75 Å². The van der Waals surface area contributed by atoms with Gasteiger partial charge in [-0.1, -0.05) is 32.9 Å². The van der Waals surface area contributed by atoms with Crippen LogP contribution in [0.25, 0.3) is 0 Å². The summed E-state index contributed by atoms with van der Waals surface area (Å²) in [6, 6.07) is 7.85. The van der Waals surface area contributed by atoms with Crippen LogP contribution in [0.15, 0.2) is 24.3 Å².